The molecule has 0 atom stereocenters. The number of primary amides is 1. The van der Waals surface area contributed by atoms with Gasteiger partial charge in [-0.05, 0) is 24.3 Å². The summed E-state index contributed by atoms with van der Waals surface area (Å²) in [6.07, 6.45) is -0.316. The van der Waals surface area contributed by atoms with Crippen LogP contribution in [0, 0.1) is 0 Å². The molecule has 0 spiro atoms. The summed E-state index contributed by atoms with van der Waals surface area (Å²) >= 11 is 13.8. The third-order valence-electron chi connectivity index (χ3n) is 3.31. The fourth-order valence-corrected chi connectivity index (χ4v) is 3.70. The van der Waals surface area contributed by atoms with Crippen LogP contribution >= 0.6 is 35.0 Å². The first-order valence-corrected chi connectivity index (χ1v) is 8.73. The highest BCUT2D eigenvalue weighted by Crippen LogP contribution is 2.40. The van der Waals surface area contributed by atoms with Crippen LogP contribution in [0.25, 0.3) is 0 Å². The largest absolute Gasteiger partial charge is 0.410 e. The maximum absolute atomic E-state index is 12.4. The van der Waals surface area contributed by atoms with Crippen molar-refractivity contribution < 1.29 is 19.1 Å². The van der Waals surface area contributed by atoms with E-state index in [2.05, 4.69) is 4.74 Å². The van der Waals surface area contributed by atoms with Crippen molar-refractivity contribution in [3.63, 3.8) is 0 Å². The first kappa shape index (κ1) is 18.3. The van der Waals surface area contributed by atoms with E-state index >= 15 is 0 Å². The number of carbonyl (C=O) groups excluding carboxylic acids is 3. The predicted molar refractivity (Wildman–Crippen MR) is 98.3 cm³/mol. The third kappa shape index (κ3) is 3.70. The van der Waals surface area contributed by atoms with Gasteiger partial charge in [0.15, 0.2) is 0 Å². The quantitative estimate of drug-likeness (QED) is 0.772. The Kier molecular flexibility index (Phi) is 5.22. The van der Waals surface area contributed by atoms with Gasteiger partial charge in [-0.3, -0.25) is 9.59 Å². The SMILES string of the molecule is NC(=O)OC1=CC(=O)N(c2cc(Sc3ccccc3)c(Cl)cc2Cl)C1=O. The van der Waals surface area contributed by atoms with Crippen LogP contribution in [-0.2, 0) is 14.3 Å². The second-order valence-electron chi connectivity index (χ2n) is 5.06. The van der Waals surface area contributed by atoms with E-state index < -0.39 is 23.7 Å². The van der Waals surface area contributed by atoms with Crippen molar-refractivity contribution in [2.45, 2.75) is 9.79 Å². The van der Waals surface area contributed by atoms with Gasteiger partial charge >= 0.3 is 12.0 Å². The normalized spacial score (nSPS) is 13.8. The minimum atomic E-state index is -1.19. The van der Waals surface area contributed by atoms with E-state index in [9.17, 15) is 14.4 Å². The lowest BCUT2D eigenvalue weighted by Crippen LogP contribution is -2.32. The predicted octanol–water partition coefficient (Wildman–Crippen LogP) is 4.00. The standard InChI is InChI=1S/C17H10Cl2N2O4S/c18-10-6-11(19)14(26-9-4-2-1-3-5-9)7-12(10)21-15(22)8-13(16(21)23)25-17(20)24/h1-8H,(H2,20,24). The van der Waals surface area contributed by atoms with Crippen molar-refractivity contribution in [3.05, 3.63) is 64.3 Å². The van der Waals surface area contributed by atoms with Gasteiger partial charge < -0.3 is 10.5 Å². The lowest BCUT2D eigenvalue weighted by Gasteiger charge is -2.18. The second-order valence-corrected chi connectivity index (χ2v) is 6.99. The smallest absolute Gasteiger partial charge is 0.404 e. The third-order valence-corrected chi connectivity index (χ3v) is 5.11. The van der Waals surface area contributed by atoms with Gasteiger partial charge in [-0.15, -0.1) is 0 Å². The van der Waals surface area contributed by atoms with Gasteiger partial charge in [0.05, 0.1) is 21.8 Å². The summed E-state index contributed by atoms with van der Waals surface area (Å²) in [7, 11) is 0. The van der Waals surface area contributed by atoms with Crippen LogP contribution in [0.4, 0.5) is 10.5 Å². The number of nitrogens with two attached hydrogens (primary N) is 1. The number of benzene rings is 2. The summed E-state index contributed by atoms with van der Waals surface area (Å²) in [6, 6.07) is 12.4. The molecule has 132 valence electrons. The summed E-state index contributed by atoms with van der Waals surface area (Å²) in [4.78, 5) is 37.7. The first-order chi connectivity index (χ1) is 12.4. The summed E-state index contributed by atoms with van der Waals surface area (Å²) in [5.74, 6) is -2.01. The average Bonchev–Trinajstić information content (AvgIpc) is 2.84. The molecule has 2 aromatic carbocycles. The molecule has 0 aromatic heterocycles. The fraction of sp³-hybridized carbons (Fsp3) is 0. The number of ether oxygens (including phenoxy) is 1. The Morgan fingerprint density at radius 3 is 2.42 bits per heavy atom. The Bertz CT molecular complexity index is 947. The van der Waals surface area contributed by atoms with E-state index in [-0.39, 0.29) is 10.7 Å². The Balaban J connectivity index is 1.96. The lowest BCUT2D eigenvalue weighted by molar-refractivity contribution is -0.121. The van der Waals surface area contributed by atoms with Gasteiger partial charge in [0.1, 0.15) is 0 Å². The highest BCUT2D eigenvalue weighted by atomic mass is 35.5. The monoisotopic (exact) mass is 408 g/mol. The van der Waals surface area contributed by atoms with E-state index in [0.29, 0.717) is 9.92 Å². The number of hydrogen-bond acceptors (Lipinski definition) is 5. The van der Waals surface area contributed by atoms with Crippen molar-refractivity contribution in [2.24, 2.45) is 5.73 Å². The van der Waals surface area contributed by atoms with E-state index in [1.165, 1.54) is 23.9 Å². The zero-order chi connectivity index (χ0) is 18.8. The maximum atomic E-state index is 12.4. The number of halogens is 2. The molecule has 26 heavy (non-hydrogen) atoms. The Labute approximate surface area is 162 Å². The van der Waals surface area contributed by atoms with Crippen molar-refractivity contribution in [3.8, 4) is 0 Å². The van der Waals surface area contributed by atoms with Gasteiger partial charge in [-0.2, -0.15) is 0 Å². The number of nitrogens with zero attached hydrogens (tertiary/aromatic N) is 1. The summed E-state index contributed by atoms with van der Waals surface area (Å²) < 4.78 is 4.55. The van der Waals surface area contributed by atoms with Crippen molar-refractivity contribution in [1.82, 2.24) is 0 Å². The molecule has 0 aliphatic carbocycles. The zero-order valence-electron chi connectivity index (χ0n) is 12.9. The molecule has 0 unspecified atom stereocenters. The number of rotatable bonds is 4. The van der Waals surface area contributed by atoms with Crippen molar-refractivity contribution in [2.75, 3.05) is 4.90 Å². The number of anilines is 1. The summed E-state index contributed by atoms with van der Waals surface area (Å²) in [5, 5.41) is 0.469. The molecule has 0 saturated heterocycles. The van der Waals surface area contributed by atoms with Crippen molar-refractivity contribution in [1.29, 1.82) is 0 Å². The Morgan fingerprint density at radius 1 is 1.08 bits per heavy atom. The van der Waals surface area contributed by atoms with Gasteiger partial charge in [-0.1, -0.05) is 53.2 Å². The van der Waals surface area contributed by atoms with Gasteiger partial charge in [0.2, 0.25) is 5.76 Å². The van der Waals surface area contributed by atoms with Crippen LogP contribution in [0.5, 0.6) is 0 Å². The summed E-state index contributed by atoms with van der Waals surface area (Å²) in [5.41, 5.74) is 5.02. The van der Waals surface area contributed by atoms with Crippen molar-refractivity contribution >= 4 is 58.6 Å². The van der Waals surface area contributed by atoms with Gasteiger partial charge in [0.25, 0.3) is 5.91 Å². The Morgan fingerprint density at radius 2 is 1.77 bits per heavy atom. The minimum Gasteiger partial charge on any atom is -0.404 e. The summed E-state index contributed by atoms with van der Waals surface area (Å²) in [6.45, 7) is 0. The average molecular weight is 409 g/mol. The van der Waals surface area contributed by atoms with Gasteiger partial charge in [-0.25, -0.2) is 9.69 Å². The fourth-order valence-electron chi connectivity index (χ4n) is 2.24. The van der Waals surface area contributed by atoms with Crippen LogP contribution in [0.3, 0.4) is 0 Å². The van der Waals surface area contributed by atoms with Crippen LogP contribution in [0.2, 0.25) is 10.0 Å². The molecule has 0 radical (unpaired) electrons. The molecule has 1 heterocycles. The molecule has 3 rings (SSSR count). The van der Waals surface area contributed by atoms with E-state index in [4.69, 9.17) is 28.9 Å². The highest BCUT2D eigenvalue weighted by Gasteiger charge is 2.36. The molecule has 2 N–H and O–H groups in total. The first-order valence-electron chi connectivity index (χ1n) is 7.16. The zero-order valence-corrected chi connectivity index (χ0v) is 15.3. The molecule has 9 heteroatoms. The van der Waals surface area contributed by atoms with Crippen LogP contribution in [-0.4, -0.2) is 17.9 Å². The molecule has 3 amide bonds. The molecule has 2 aromatic rings. The number of amides is 3. The molecule has 0 bridgehead atoms. The molecule has 1 aliphatic heterocycles. The minimum absolute atomic E-state index is 0.0998. The molecular formula is C17H10Cl2N2O4S. The lowest BCUT2D eigenvalue weighted by atomic mass is 10.3. The van der Waals surface area contributed by atoms with Gasteiger partial charge in [0, 0.05) is 9.79 Å². The second kappa shape index (κ2) is 7.41. The van der Waals surface area contributed by atoms with Crippen LogP contribution in [0.15, 0.2) is 64.1 Å². The van der Waals surface area contributed by atoms with Crippen LogP contribution in [0.1, 0.15) is 0 Å². The van der Waals surface area contributed by atoms with E-state index in [0.717, 1.165) is 15.9 Å². The molecule has 6 nitrogen and oxygen atoms in total. The topological polar surface area (TPSA) is 89.7 Å². The molecule has 0 saturated carbocycles. The number of imide groups is 1. The molecular weight excluding hydrogens is 399 g/mol. The molecule has 1 aliphatic rings. The number of carbonyl (C=O) groups is 3. The highest BCUT2D eigenvalue weighted by molar-refractivity contribution is 7.99. The van der Waals surface area contributed by atoms with E-state index in [1.807, 2.05) is 30.3 Å². The van der Waals surface area contributed by atoms with Crippen LogP contribution < -0.4 is 10.6 Å². The molecule has 0 fully saturated rings. The van der Waals surface area contributed by atoms with E-state index in [1.54, 1.807) is 0 Å². The number of hydrogen-bond donors (Lipinski definition) is 1. The maximum Gasteiger partial charge on any atom is 0.410 e. The Hall–Kier alpha value is -2.48.